The van der Waals surface area contributed by atoms with Crippen molar-refractivity contribution in [2.75, 3.05) is 32.8 Å². The number of anilines is 1. The van der Waals surface area contributed by atoms with E-state index in [0.29, 0.717) is 75.0 Å². The van der Waals surface area contributed by atoms with E-state index in [2.05, 4.69) is 22.0 Å². The maximum Gasteiger partial charge on any atom is 0.223 e. The summed E-state index contributed by atoms with van der Waals surface area (Å²) in [7, 11) is 4.86. The lowest BCUT2D eigenvalue weighted by Gasteiger charge is -2.31. The molecule has 1 aliphatic rings. The van der Waals surface area contributed by atoms with Crippen molar-refractivity contribution in [2.45, 2.75) is 18.9 Å². The second-order valence-corrected chi connectivity index (χ2v) is 10.2. The third-order valence-corrected chi connectivity index (χ3v) is 7.63. The molecule has 3 aromatic heterocycles. The Morgan fingerprint density at radius 1 is 1.20 bits per heavy atom. The van der Waals surface area contributed by atoms with Gasteiger partial charge in [0.15, 0.2) is 5.78 Å². The maximum atomic E-state index is 12.1. The molecule has 40 heavy (non-hydrogen) atoms. The molecule has 4 aromatic rings. The Bertz CT molecular complexity index is 1560. The third kappa shape index (κ3) is 5.47. The van der Waals surface area contributed by atoms with Crippen molar-refractivity contribution in [2.24, 2.45) is 13.0 Å². The van der Waals surface area contributed by atoms with Crippen LogP contribution in [0.5, 0.6) is 11.5 Å². The number of carbonyl (C=O) groups is 1. The summed E-state index contributed by atoms with van der Waals surface area (Å²) in [6.45, 7) is 4.64. The number of aryl methyl sites for hydroxylation is 1. The number of fused-ring (bicyclic) bond motifs is 1. The average molecular weight is 583 g/mol. The second kappa shape index (κ2) is 11.8. The zero-order chi connectivity index (χ0) is 28.4. The fourth-order valence-corrected chi connectivity index (χ4v) is 5.48. The lowest BCUT2D eigenvalue weighted by Crippen LogP contribution is -2.40. The molecule has 0 unspecified atom stereocenters. The number of hydrogen-bond acceptors (Lipinski definition) is 9. The minimum atomic E-state index is -0.133. The predicted molar refractivity (Wildman–Crippen MR) is 154 cm³/mol. The highest BCUT2D eigenvalue weighted by atomic mass is 35.5. The van der Waals surface area contributed by atoms with Crippen molar-refractivity contribution >= 4 is 45.8 Å². The van der Waals surface area contributed by atoms with E-state index in [1.807, 2.05) is 19.3 Å². The highest BCUT2D eigenvalue weighted by Gasteiger charge is 2.28. The number of methoxy groups -OCH3 is 2. The topological polar surface area (TPSA) is 113 Å². The van der Waals surface area contributed by atoms with Crippen molar-refractivity contribution in [1.29, 1.82) is 0 Å². The van der Waals surface area contributed by atoms with E-state index in [4.69, 9.17) is 47.4 Å². The quantitative estimate of drug-likeness (QED) is 0.260. The smallest absolute Gasteiger partial charge is 0.223 e. The molecule has 4 heterocycles. The van der Waals surface area contributed by atoms with Crippen molar-refractivity contribution in [3.8, 4) is 34.0 Å². The van der Waals surface area contributed by atoms with E-state index >= 15 is 0 Å². The summed E-state index contributed by atoms with van der Waals surface area (Å²) in [5, 5.41) is 9.01. The molecule has 0 bridgehead atoms. The molecule has 0 amide bonds. The summed E-state index contributed by atoms with van der Waals surface area (Å²) >= 11 is 13.4. The summed E-state index contributed by atoms with van der Waals surface area (Å²) in [5.41, 5.74) is 2.87. The number of benzene rings is 1. The molecule has 1 aromatic carbocycles. The zero-order valence-corrected chi connectivity index (χ0v) is 23.8. The fourth-order valence-electron chi connectivity index (χ4n) is 4.79. The molecular formula is C28H28Cl2N6O4. The van der Waals surface area contributed by atoms with Gasteiger partial charge in [-0.3, -0.25) is 9.48 Å². The first-order chi connectivity index (χ1) is 19.3. The lowest BCUT2D eigenvalue weighted by molar-refractivity contribution is -0.116. The number of aromatic nitrogens is 5. The van der Waals surface area contributed by atoms with E-state index in [9.17, 15) is 4.79 Å². The standard InChI is InChI=1S/C28H28Cl2N6O4/c1-5-18(37)8-15-6-7-40-14-20(15)34-28-31-11-16-9-19(23-24(29)21(38-3)10-22(39-4)25(23)30)33-27(26(16)35-28)17-12-32-36(2)13-17/h5,9-13,15,20H,1,6-8,14H2,2-4H3,(H,31,34,35)/t15-,20-/m1/s1. The molecule has 2 atom stereocenters. The number of nitrogens with one attached hydrogen (secondary N) is 1. The molecule has 1 fully saturated rings. The molecular weight excluding hydrogens is 555 g/mol. The highest BCUT2D eigenvalue weighted by molar-refractivity contribution is 6.41. The summed E-state index contributed by atoms with van der Waals surface area (Å²) in [4.78, 5) is 26.4. The van der Waals surface area contributed by atoms with Gasteiger partial charge in [-0.2, -0.15) is 5.10 Å². The molecule has 0 saturated carbocycles. The van der Waals surface area contributed by atoms with E-state index in [-0.39, 0.29) is 17.7 Å². The summed E-state index contributed by atoms with van der Waals surface area (Å²) in [5.74, 6) is 1.28. The SMILES string of the molecule is C=CC(=O)C[C@H]1CCOC[C@H]1Nc1ncc2cc(-c3c(Cl)c(OC)cc(OC)c3Cl)nc(-c3cnn(C)c3)c2n1. The minimum absolute atomic E-state index is 0.000202. The molecule has 10 nitrogen and oxygen atoms in total. The van der Waals surface area contributed by atoms with Crippen LogP contribution in [0.1, 0.15) is 12.8 Å². The number of ether oxygens (including phenoxy) is 3. The summed E-state index contributed by atoms with van der Waals surface area (Å²) in [6, 6.07) is 3.31. The van der Waals surface area contributed by atoms with Crippen LogP contribution in [0.4, 0.5) is 5.95 Å². The Morgan fingerprint density at radius 2 is 1.95 bits per heavy atom. The highest BCUT2D eigenvalue weighted by Crippen LogP contribution is 2.46. The number of rotatable bonds is 9. The Kier molecular flexibility index (Phi) is 8.20. The number of ketones is 1. The van der Waals surface area contributed by atoms with Gasteiger partial charge >= 0.3 is 0 Å². The van der Waals surface area contributed by atoms with E-state index in [1.165, 1.54) is 20.3 Å². The normalized spacial score (nSPS) is 17.0. The van der Waals surface area contributed by atoms with Gasteiger partial charge < -0.3 is 19.5 Å². The molecule has 208 valence electrons. The molecule has 12 heteroatoms. The summed E-state index contributed by atoms with van der Waals surface area (Å²) < 4.78 is 18.3. The number of halogens is 2. The van der Waals surface area contributed by atoms with Gasteiger partial charge in [-0.25, -0.2) is 15.0 Å². The van der Waals surface area contributed by atoms with E-state index in [0.717, 1.165) is 12.0 Å². The van der Waals surface area contributed by atoms with Crippen LogP contribution in [-0.2, 0) is 16.6 Å². The number of hydrogen-bond donors (Lipinski definition) is 1. The second-order valence-electron chi connectivity index (χ2n) is 9.42. The molecule has 5 rings (SSSR count). The van der Waals surface area contributed by atoms with Crippen LogP contribution >= 0.6 is 23.2 Å². The van der Waals surface area contributed by atoms with Gasteiger partial charge in [0.2, 0.25) is 5.95 Å². The van der Waals surface area contributed by atoms with Crippen molar-refractivity contribution < 1.29 is 19.0 Å². The first-order valence-corrected chi connectivity index (χ1v) is 13.3. The van der Waals surface area contributed by atoms with E-state index < -0.39 is 0 Å². The van der Waals surface area contributed by atoms with Gasteiger partial charge in [0.1, 0.15) is 22.7 Å². The van der Waals surface area contributed by atoms with Crippen LogP contribution in [-0.4, -0.2) is 64.0 Å². The fraction of sp³-hybridized carbons (Fsp3) is 0.321. The van der Waals surface area contributed by atoms with Crippen molar-refractivity contribution in [3.63, 3.8) is 0 Å². The van der Waals surface area contributed by atoms with Crippen LogP contribution in [0.2, 0.25) is 10.0 Å². The number of pyridine rings is 1. The van der Waals surface area contributed by atoms with Crippen LogP contribution < -0.4 is 14.8 Å². The van der Waals surface area contributed by atoms with Gasteiger partial charge in [0.25, 0.3) is 0 Å². The number of carbonyl (C=O) groups excluding carboxylic acids is 1. The molecule has 1 aliphatic heterocycles. The number of nitrogens with zero attached hydrogens (tertiary/aromatic N) is 5. The van der Waals surface area contributed by atoms with Crippen molar-refractivity contribution in [3.05, 3.63) is 53.4 Å². The van der Waals surface area contributed by atoms with E-state index in [1.54, 1.807) is 23.1 Å². The Balaban J connectivity index is 1.62. The van der Waals surface area contributed by atoms with Gasteiger partial charge in [0.05, 0.1) is 48.8 Å². The third-order valence-electron chi connectivity index (χ3n) is 6.88. The molecule has 0 radical (unpaired) electrons. The Morgan fingerprint density at radius 3 is 2.60 bits per heavy atom. The largest absolute Gasteiger partial charge is 0.495 e. The molecule has 0 spiro atoms. The maximum absolute atomic E-state index is 12.1. The molecule has 1 N–H and O–H groups in total. The predicted octanol–water partition coefficient (Wildman–Crippen LogP) is 5.38. The first-order valence-electron chi connectivity index (χ1n) is 12.6. The minimum Gasteiger partial charge on any atom is -0.495 e. The van der Waals surface area contributed by atoms with Crippen molar-refractivity contribution in [1.82, 2.24) is 24.7 Å². The van der Waals surface area contributed by atoms with Crippen LogP contribution in [0, 0.1) is 5.92 Å². The van der Waals surface area contributed by atoms with Gasteiger partial charge in [-0.05, 0) is 24.5 Å². The lowest BCUT2D eigenvalue weighted by atomic mass is 9.90. The summed E-state index contributed by atoms with van der Waals surface area (Å²) in [6.07, 6.45) is 7.77. The monoisotopic (exact) mass is 582 g/mol. The van der Waals surface area contributed by atoms with Crippen LogP contribution in [0.15, 0.2) is 43.4 Å². The molecule has 1 saturated heterocycles. The first kappa shape index (κ1) is 27.8. The van der Waals surface area contributed by atoms with Gasteiger partial charge in [-0.15, -0.1) is 0 Å². The van der Waals surface area contributed by atoms with Crippen LogP contribution in [0.3, 0.4) is 0 Å². The average Bonchev–Trinajstić information content (AvgIpc) is 3.40. The zero-order valence-electron chi connectivity index (χ0n) is 22.3. The molecule has 0 aliphatic carbocycles. The number of allylic oxidation sites excluding steroid dienone is 1. The van der Waals surface area contributed by atoms with Gasteiger partial charge in [-0.1, -0.05) is 29.8 Å². The van der Waals surface area contributed by atoms with Gasteiger partial charge in [0, 0.05) is 55.0 Å². The Hall–Kier alpha value is -3.73. The Labute approximate surface area is 241 Å². The van der Waals surface area contributed by atoms with Crippen LogP contribution in [0.25, 0.3) is 33.4 Å².